The van der Waals surface area contributed by atoms with Gasteiger partial charge in [-0.15, -0.1) is 0 Å². The van der Waals surface area contributed by atoms with Gasteiger partial charge < -0.3 is 14.8 Å². The summed E-state index contributed by atoms with van der Waals surface area (Å²) < 4.78 is 11.5. The molecule has 2 heterocycles. The highest BCUT2D eigenvalue weighted by atomic mass is 35.5. The molecular formula is C22H19ClN2O3. The number of pyridine rings is 1. The molecule has 2 aromatic carbocycles. The number of aromatic nitrogens is 1. The van der Waals surface area contributed by atoms with E-state index in [2.05, 4.69) is 10.3 Å². The maximum atomic E-state index is 13.2. The van der Waals surface area contributed by atoms with Crippen LogP contribution in [0.15, 0.2) is 60.8 Å². The summed E-state index contributed by atoms with van der Waals surface area (Å²) in [4.78, 5) is 17.5. The van der Waals surface area contributed by atoms with Gasteiger partial charge in [-0.05, 0) is 35.9 Å². The summed E-state index contributed by atoms with van der Waals surface area (Å²) in [5.74, 6) is 1.41. The van der Waals surface area contributed by atoms with Crippen molar-refractivity contribution in [3.8, 4) is 11.5 Å². The molecule has 0 saturated heterocycles. The molecule has 0 bridgehead atoms. The largest absolute Gasteiger partial charge is 0.492 e. The molecule has 0 aliphatic carbocycles. The number of anilines is 1. The minimum absolute atomic E-state index is 0.0203. The van der Waals surface area contributed by atoms with Crippen LogP contribution in [0, 0.1) is 0 Å². The highest BCUT2D eigenvalue weighted by Crippen LogP contribution is 2.38. The smallest absolute Gasteiger partial charge is 0.176 e. The Bertz CT molecular complexity index is 1000. The Morgan fingerprint density at radius 2 is 2.00 bits per heavy atom. The Hall–Kier alpha value is -3.05. The van der Waals surface area contributed by atoms with Gasteiger partial charge in [0, 0.05) is 23.3 Å². The molecule has 142 valence electrons. The van der Waals surface area contributed by atoms with E-state index in [1.807, 2.05) is 36.4 Å². The quantitative estimate of drug-likeness (QED) is 0.613. The molecule has 1 aliphatic heterocycles. The van der Waals surface area contributed by atoms with E-state index in [-0.39, 0.29) is 11.7 Å². The van der Waals surface area contributed by atoms with Crippen molar-refractivity contribution in [1.29, 1.82) is 0 Å². The molecule has 4 rings (SSSR count). The molecule has 0 radical (unpaired) electrons. The van der Waals surface area contributed by atoms with E-state index in [1.165, 1.54) is 0 Å². The van der Waals surface area contributed by atoms with Crippen molar-refractivity contribution in [3.05, 3.63) is 82.5 Å². The number of benzene rings is 2. The molecule has 5 nitrogen and oxygen atoms in total. The van der Waals surface area contributed by atoms with Crippen LogP contribution in [0.25, 0.3) is 0 Å². The first-order valence-electron chi connectivity index (χ1n) is 8.94. The lowest BCUT2D eigenvalue weighted by Crippen LogP contribution is -2.16. The lowest BCUT2D eigenvalue weighted by molar-refractivity contribution is 0.0962. The number of para-hydroxylation sites is 1. The second kappa shape index (κ2) is 7.90. The highest BCUT2D eigenvalue weighted by molar-refractivity contribution is 6.30. The molecule has 0 saturated carbocycles. The molecule has 0 amide bonds. The Labute approximate surface area is 168 Å². The number of Topliss-reactive ketones (excluding diaryl/α,β-unsaturated/α-hetero) is 1. The van der Waals surface area contributed by atoms with Crippen LogP contribution in [0.5, 0.6) is 11.5 Å². The second-order valence-electron chi connectivity index (χ2n) is 6.49. The third kappa shape index (κ3) is 3.53. The summed E-state index contributed by atoms with van der Waals surface area (Å²) in [6.45, 7) is 0.868. The fourth-order valence-electron chi connectivity index (χ4n) is 3.35. The second-order valence-corrected chi connectivity index (χ2v) is 6.93. The first-order valence-corrected chi connectivity index (χ1v) is 9.32. The molecule has 0 fully saturated rings. The van der Waals surface area contributed by atoms with Crippen LogP contribution in [0.2, 0.25) is 5.02 Å². The molecular weight excluding hydrogens is 376 g/mol. The molecule has 1 unspecified atom stereocenters. The van der Waals surface area contributed by atoms with Crippen molar-refractivity contribution in [2.24, 2.45) is 0 Å². The van der Waals surface area contributed by atoms with E-state index in [0.29, 0.717) is 35.2 Å². The zero-order valence-electron chi connectivity index (χ0n) is 15.3. The monoisotopic (exact) mass is 394 g/mol. The topological polar surface area (TPSA) is 60.5 Å². The van der Waals surface area contributed by atoms with Gasteiger partial charge in [0.1, 0.15) is 12.4 Å². The summed E-state index contributed by atoms with van der Waals surface area (Å²) in [6, 6.07) is 16.6. The average Bonchev–Trinajstić information content (AvgIpc) is 3.16. The maximum Gasteiger partial charge on any atom is 0.176 e. The third-order valence-corrected chi connectivity index (χ3v) is 5.01. The molecule has 1 aromatic heterocycles. The SMILES string of the molecule is COc1c(OCc2ccc(Cl)cc2)cccc1C(=O)C1CNc2ncccc21. The number of ether oxygens (including phenoxy) is 2. The van der Waals surface area contributed by atoms with Gasteiger partial charge in [0.2, 0.25) is 0 Å². The lowest BCUT2D eigenvalue weighted by atomic mass is 9.92. The first kappa shape index (κ1) is 18.3. The lowest BCUT2D eigenvalue weighted by Gasteiger charge is -2.16. The molecule has 1 atom stereocenters. The fraction of sp³-hybridized carbons (Fsp3) is 0.182. The number of halogens is 1. The van der Waals surface area contributed by atoms with Crippen LogP contribution < -0.4 is 14.8 Å². The number of rotatable bonds is 6. The van der Waals surface area contributed by atoms with E-state index in [0.717, 1.165) is 16.9 Å². The molecule has 1 N–H and O–H groups in total. The maximum absolute atomic E-state index is 13.2. The number of nitrogens with zero attached hydrogens (tertiary/aromatic N) is 1. The third-order valence-electron chi connectivity index (χ3n) is 4.76. The van der Waals surface area contributed by atoms with Gasteiger partial charge in [0.25, 0.3) is 0 Å². The number of hydrogen-bond acceptors (Lipinski definition) is 5. The van der Waals surface area contributed by atoms with Gasteiger partial charge in [0.15, 0.2) is 17.3 Å². The summed E-state index contributed by atoms with van der Waals surface area (Å²) in [5.41, 5.74) is 2.38. The van der Waals surface area contributed by atoms with Gasteiger partial charge in [-0.3, -0.25) is 4.79 Å². The number of hydrogen-bond donors (Lipinski definition) is 1. The Balaban J connectivity index is 1.59. The van der Waals surface area contributed by atoms with Crippen LogP contribution in [0.1, 0.15) is 27.4 Å². The summed E-state index contributed by atoms with van der Waals surface area (Å²) in [7, 11) is 1.55. The zero-order chi connectivity index (χ0) is 19.5. The van der Waals surface area contributed by atoms with E-state index in [4.69, 9.17) is 21.1 Å². The number of carbonyl (C=O) groups is 1. The van der Waals surface area contributed by atoms with Crippen LogP contribution in [-0.4, -0.2) is 24.4 Å². The van der Waals surface area contributed by atoms with Crippen molar-refractivity contribution >= 4 is 23.2 Å². The Morgan fingerprint density at radius 3 is 2.79 bits per heavy atom. The van der Waals surface area contributed by atoms with Crippen molar-refractivity contribution in [3.63, 3.8) is 0 Å². The molecule has 1 aliphatic rings. The first-order chi connectivity index (χ1) is 13.7. The van der Waals surface area contributed by atoms with Crippen LogP contribution in [0.4, 0.5) is 5.82 Å². The minimum atomic E-state index is -0.302. The predicted molar refractivity (Wildman–Crippen MR) is 109 cm³/mol. The number of carbonyl (C=O) groups excluding carboxylic acids is 1. The molecule has 28 heavy (non-hydrogen) atoms. The minimum Gasteiger partial charge on any atom is -0.492 e. The van der Waals surface area contributed by atoms with Crippen LogP contribution in [-0.2, 0) is 6.61 Å². The van der Waals surface area contributed by atoms with Gasteiger partial charge in [-0.25, -0.2) is 4.98 Å². The molecule has 0 spiro atoms. The molecule has 3 aromatic rings. The van der Waals surface area contributed by atoms with Crippen molar-refractivity contribution < 1.29 is 14.3 Å². The van der Waals surface area contributed by atoms with E-state index >= 15 is 0 Å². The van der Waals surface area contributed by atoms with Crippen molar-refractivity contribution in [2.75, 3.05) is 19.0 Å². The predicted octanol–water partition coefficient (Wildman–Crippen LogP) is 4.71. The van der Waals surface area contributed by atoms with E-state index in [9.17, 15) is 4.79 Å². The summed E-state index contributed by atoms with van der Waals surface area (Å²) in [5, 5.41) is 3.86. The highest BCUT2D eigenvalue weighted by Gasteiger charge is 2.32. The summed E-state index contributed by atoms with van der Waals surface area (Å²) in [6.07, 6.45) is 1.71. The van der Waals surface area contributed by atoms with Crippen LogP contribution in [0.3, 0.4) is 0 Å². The van der Waals surface area contributed by atoms with E-state index < -0.39 is 0 Å². The standard InChI is InChI=1S/C22H19ClN2O3/c1-27-21-17(20(26)18-12-25-22-16(18)5-3-11-24-22)4-2-6-19(21)28-13-14-7-9-15(23)10-8-14/h2-11,18H,12-13H2,1H3,(H,24,25). The van der Waals surface area contributed by atoms with Gasteiger partial charge in [-0.1, -0.05) is 35.9 Å². The zero-order valence-corrected chi connectivity index (χ0v) is 16.1. The van der Waals surface area contributed by atoms with Crippen molar-refractivity contribution in [2.45, 2.75) is 12.5 Å². The number of ketones is 1. The normalized spacial score (nSPS) is 14.9. The number of methoxy groups -OCH3 is 1. The van der Waals surface area contributed by atoms with Crippen LogP contribution >= 0.6 is 11.6 Å². The van der Waals surface area contributed by atoms with Gasteiger partial charge in [-0.2, -0.15) is 0 Å². The number of fused-ring (bicyclic) bond motifs is 1. The average molecular weight is 395 g/mol. The van der Waals surface area contributed by atoms with Gasteiger partial charge >= 0.3 is 0 Å². The summed E-state index contributed by atoms with van der Waals surface area (Å²) >= 11 is 5.92. The fourth-order valence-corrected chi connectivity index (χ4v) is 3.48. The van der Waals surface area contributed by atoms with Crippen molar-refractivity contribution in [1.82, 2.24) is 4.98 Å². The number of nitrogens with one attached hydrogen (secondary N) is 1. The van der Waals surface area contributed by atoms with E-state index in [1.54, 1.807) is 31.5 Å². The van der Waals surface area contributed by atoms with Gasteiger partial charge in [0.05, 0.1) is 18.6 Å². The molecule has 6 heteroatoms. The Morgan fingerprint density at radius 1 is 1.18 bits per heavy atom. The Kier molecular flexibility index (Phi) is 5.17.